The molecule has 0 atom stereocenters. The normalized spacial score (nSPS) is 10.3. The molecule has 0 aromatic heterocycles. The lowest BCUT2D eigenvalue weighted by molar-refractivity contribution is 0.0693. The summed E-state index contributed by atoms with van der Waals surface area (Å²) in [6.07, 6.45) is 0. The summed E-state index contributed by atoms with van der Waals surface area (Å²) in [6.45, 7) is 2.05. The van der Waals surface area contributed by atoms with E-state index in [4.69, 9.17) is 5.11 Å². The van der Waals surface area contributed by atoms with Crippen molar-refractivity contribution in [2.75, 3.05) is 0 Å². The molecular weight excluding hydrogens is 264 g/mol. The molecule has 0 heterocycles. The molecule has 0 aliphatic rings. The first-order valence-corrected chi connectivity index (χ1v) is 7.56. The van der Waals surface area contributed by atoms with E-state index in [2.05, 4.69) is 0 Å². The lowest BCUT2D eigenvalue weighted by atomic mass is 10.2. The highest BCUT2D eigenvalue weighted by molar-refractivity contribution is 8.76. The van der Waals surface area contributed by atoms with Crippen LogP contribution in [0.5, 0.6) is 0 Å². The highest BCUT2D eigenvalue weighted by Crippen LogP contribution is 2.40. The van der Waals surface area contributed by atoms with Gasteiger partial charge in [0.05, 0.1) is 5.56 Å². The number of hydrogen-bond acceptors (Lipinski definition) is 3. The molecule has 0 unspecified atom stereocenters. The number of rotatable bonds is 4. The molecule has 0 radical (unpaired) electrons. The molecule has 4 heteroatoms. The predicted molar refractivity (Wildman–Crippen MR) is 76.3 cm³/mol. The smallest absolute Gasteiger partial charge is 0.336 e. The summed E-state index contributed by atoms with van der Waals surface area (Å²) in [7, 11) is 3.06. The van der Waals surface area contributed by atoms with Crippen molar-refractivity contribution in [3.05, 3.63) is 59.7 Å². The maximum atomic E-state index is 11.1. The Morgan fingerprint density at radius 2 is 1.50 bits per heavy atom. The minimum absolute atomic E-state index is 0.351. The number of carboxylic acid groups (broad SMARTS) is 1. The van der Waals surface area contributed by atoms with Crippen LogP contribution in [0.15, 0.2) is 58.3 Å². The van der Waals surface area contributed by atoms with Crippen LogP contribution >= 0.6 is 21.6 Å². The van der Waals surface area contributed by atoms with Gasteiger partial charge in [-0.3, -0.25) is 0 Å². The van der Waals surface area contributed by atoms with Crippen LogP contribution in [0.1, 0.15) is 15.9 Å². The number of benzene rings is 2. The molecule has 1 N–H and O–H groups in total. The number of carbonyl (C=O) groups is 1. The van der Waals surface area contributed by atoms with Crippen LogP contribution in [-0.2, 0) is 0 Å². The minimum atomic E-state index is -0.886. The second-order valence-electron chi connectivity index (χ2n) is 3.73. The van der Waals surface area contributed by atoms with E-state index in [0.29, 0.717) is 5.56 Å². The average molecular weight is 276 g/mol. The summed E-state index contributed by atoms with van der Waals surface area (Å²) in [5.74, 6) is -0.886. The molecule has 0 amide bonds. The number of aromatic carboxylic acids is 1. The van der Waals surface area contributed by atoms with E-state index in [1.165, 1.54) is 16.4 Å². The van der Waals surface area contributed by atoms with Crippen LogP contribution in [0.4, 0.5) is 0 Å². The Bertz CT molecular complexity index is 567. The molecule has 0 bridgehead atoms. The van der Waals surface area contributed by atoms with Gasteiger partial charge >= 0.3 is 5.97 Å². The van der Waals surface area contributed by atoms with Crippen molar-refractivity contribution in [3.63, 3.8) is 0 Å². The Kier molecular flexibility index (Phi) is 4.33. The molecule has 0 fully saturated rings. The standard InChI is InChI=1S/C14H12O2S2/c1-10-6-2-4-8-12(10)17-18-13-9-5-3-7-11(13)14(15)16/h2-9H,1H3,(H,15,16). The first-order chi connectivity index (χ1) is 8.68. The molecule has 18 heavy (non-hydrogen) atoms. The summed E-state index contributed by atoms with van der Waals surface area (Å²) in [5.41, 5.74) is 1.55. The number of carboxylic acids is 1. The summed E-state index contributed by atoms with van der Waals surface area (Å²) >= 11 is 0. The van der Waals surface area contributed by atoms with Crippen molar-refractivity contribution in [1.82, 2.24) is 0 Å². The highest BCUT2D eigenvalue weighted by Gasteiger charge is 2.10. The topological polar surface area (TPSA) is 37.3 Å². The molecule has 2 rings (SSSR count). The molecule has 2 nitrogen and oxygen atoms in total. The van der Waals surface area contributed by atoms with E-state index in [1.54, 1.807) is 22.9 Å². The van der Waals surface area contributed by atoms with Crippen molar-refractivity contribution in [2.45, 2.75) is 16.7 Å². The molecule has 92 valence electrons. The summed E-state index contributed by atoms with van der Waals surface area (Å²) in [6, 6.07) is 15.1. The number of aryl methyl sites for hydroxylation is 1. The fourth-order valence-corrected chi connectivity index (χ4v) is 3.88. The van der Waals surface area contributed by atoms with Crippen molar-refractivity contribution in [3.8, 4) is 0 Å². The maximum Gasteiger partial charge on any atom is 0.336 e. The second kappa shape index (κ2) is 5.98. The van der Waals surface area contributed by atoms with Gasteiger partial charge in [0.1, 0.15) is 0 Å². The van der Waals surface area contributed by atoms with Crippen LogP contribution in [0, 0.1) is 6.92 Å². The Morgan fingerprint density at radius 3 is 2.17 bits per heavy atom. The van der Waals surface area contributed by atoms with Gasteiger partial charge in [0.2, 0.25) is 0 Å². The molecule has 2 aromatic rings. The predicted octanol–water partition coefficient (Wildman–Crippen LogP) is 4.49. The lowest BCUT2D eigenvalue weighted by Crippen LogP contribution is -1.97. The van der Waals surface area contributed by atoms with E-state index in [9.17, 15) is 4.79 Å². The Labute approximate surface area is 114 Å². The highest BCUT2D eigenvalue weighted by atomic mass is 33.1. The van der Waals surface area contributed by atoms with Gasteiger partial charge in [0.25, 0.3) is 0 Å². The third-order valence-electron chi connectivity index (χ3n) is 2.43. The first-order valence-electron chi connectivity index (χ1n) is 5.41. The average Bonchev–Trinajstić information content (AvgIpc) is 2.38. The largest absolute Gasteiger partial charge is 0.478 e. The van der Waals surface area contributed by atoms with Gasteiger partial charge in [-0.25, -0.2) is 4.79 Å². The van der Waals surface area contributed by atoms with Crippen LogP contribution in [0.2, 0.25) is 0 Å². The molecule has 0 saturated heterocycles. The van der Waals surface area contributed by atoms with Crippen molar-refractivity contribution >= 4 is 27.6 Å². The number of hydrogen-bond donors (Lipinski definition) is 1. The first kappa shape index (κ1) is 13.1. The SMILES string of the molecule is Cc1ccccc1SSc1ccccc1C(=O)O. The van der Waals surface area contributed by atoms with Gasteiger partial charge in [-0.15, -0.1) is 0 Å². The van der Waals surface area contributed by atoms with E-state index < -0.39 is 5.97 Å². The fourth-order valence-electron chi connectivity index (χ4n) is 1.46. The lowest BCUT2D eigenvalue weighted by Gasteiger charge is -2.06. The third-order valence-corrected chi connectivity index (χ3v) is 5.02. The zero-order valence-corrected chi connectivity index (χ0v) is 11.4. The van der Waals surface area contributed by atoms with Crippen molar-refractivity contribution in [1.29, 1.82) is 0 Å². The summed E-state index contributed by atoms with van der Waals surface area (Å²) in [5, 5.41) is 9.09. The van der Waals surface area contributed by atoms with E-state index >= 15 is 0 Å². The van der Waals surface area contributed by atoms with Gasteiger partial charge in [-0.05, 0) is 30.7 Å². The molecule has 0 aliphatic heterocycles. The van der Waals surface area contributed by atoms with E-state index in [0.717, 1.165) is 9.79 Å². The molecule has 0 spiro atoms. The summed E-state index contributed by atoms with van der Waals surface area (Å²) < 4.78 is 0. The van der Waals surface area contributed by atoms with Gasteiger partial charge in [-0.2, -0.15) is 0 Å². The van der Waals surface area contributed by atoms with Crippen molar-refractivity contribution < 1.29 is 9.90 Å². The Hall–Kier alpha value is -1.39. The maximum absolute atomic E-state index is 11.1. The van der Waals surface area contributed by atoms with E-state index in [-0.39, 0.29) is 0 Å². The van der Waals surface area contributed by atoms with Crippen LogP contribution in [0.3, 0.4) is 0 Å². The molecule has 0 aliphatic carbocycles. The monoisotopic (exact) mass is 276 g/mol. The molecule has 0 saturated carbocycles. The zero-order chi connectivity index (χ0) is 13.0. The summed E-state index contributed by atoms with van der Waals surface area (Å²) in [4.78, 5) is 13.0. The van der Waals surface area contributed by atoms with Gasteiger partial charge < -0.3 is 5.11 Å². The quantitative estimate of drug-likeness (QED) is 0.835. The molecule has 2 aromatic carbocycles. The van der Waals surface area contributed by atoms with Crippen LogP contribution in [0.25, 0.3) is 0 Å². The van der Waals surface area contributed by atoms with Crippen LogP contribution in [-0.4, -0.2) is 11.1 Å². The second-order valence-corrected chi connectivity index (χ2v) is 5.95. The van der Waals surface area contributed by atoms with Gasteiger partial charge in [0, 0.05) is 9.79 Å². The molecular formula is C14H12O2S2. The minimum Gasteiger partial charge on any atom is -0.478 e. The third kappa shape index (κ3) is 3.09. The Morgan fingerprint density at radius 1 is 0.944 bits per heavy atom. The van der Waals surface area contributed by atoms with Crippen molar-refractivity contribution in [2.24, 2.45) is 0 Å². The van der Waals surface area contributed by atoms with E-state index in [1.807, 2.05) is 43.3 Å². The van der Waals surface area contributed by atoms with Gasteiger partial charge in [-0.1, -0.05) is 51.9 Å². The van der Waals surface area contributed by atoms with Crippen LogP contribution < -0.4 is 0 Å². The van der Waals surface area contributed by atoms with Gasteiger partial charge in [0.15, 0.2) is 0 Å². The zero-order valence-electron chi connectivity index (χ0n) is 9.79. The Balaban J connectivity index is 2.16. The fraction of sp³-hybridized carbons (Fsp3) is 0.0714.